The second-order valence-corrected chi connectivity index (χ2v) is 6.63. The van der Waals surface area contributed by atoms with E-state index in [9.17, 15) is 4.79 Å². The van der Waals surface area contributed by atoms with Crippen LogP contribution in [0.5, 0.6) is 0 Å². The molecular formula is C12H14N4OS2. The average Bonchev–Trinajstić information content (AvgIpc) is 2.92. The van der Waals surface area contributed by atoms with Gasteiger partial charge in [0.1, 0.15) is 5.01 Å². The minimum Gasteiger partial charge on any atom is -0.322 e. The van der Waals surface area contributed by atoms with Gasteiger partial charge >= 0.3 is 6.03 Å². The lowest BCUT2D eigenvalue weighted by molar-refractivity contribution is 0.221. The Morgan fingerprint density at radius 3 is 3.05 bits per heavy atom. The van der Waals surface area contributed by atoms with Gasteiger partial charge in [-0.3, -0.25) is 5.32 Å². The third kappa shape index (κ3) is 3.10. The number of urea groups is 1. The molecule has 0 aromatic carbocycles. The number of carbonyl (C=O) groups excluding carboxylic acids is 1. The molecule has 2 heterocycles. The van der Waals surface area contributed by atoms with Crippen LogP contribution < -0.4 is 5.32 Å². The number of nitrogens with zero attached hydrogens (tertiary/aromatic N) is 3. The number of amides is 2. The highest BCUT2D eigenvalue weighted by atomic mass is 32.1. The van der Waals surface area contributed by atoms with E-state index in [-0.39, 0.29) is 6.03 Å². The zero-order valence-electron chi connectivity index (χ0n) is 10.5. The van der Waals surface area contributed by atoms with Crippen LogP contribution in [0.2, 0.25) is 0 Å². The van der Waals surface area contributed by atoms with Crippen molar-refractivity contribution in [3.8, 4) is 0 Å². The van der Waals surface area contributed by atoms with Gasteiger partial charge in [-0.25, -0.2) is 4.79 Å². The number of hydrogen-bond donors (Lipinski definition) is 1. The molecule has 0 atom stereocenters. The van der Waals surface area contributed by atoms with Gasteiger partial charge in [0.25, 0.3) is 0 Å². The van der Waals surface area contributed by atoms with Crippen LogP contribution in [0.25, 0.3) is 0 Å². The maximum Gasteiger partial charge on any atom is 0.323 e. The van der Waals surface area contributed by atoms with E-state index >= 15 is 0 Å². The van der Waals surface area contributed by atoms with Crippen molar-refractivity contribution in [1.82, 2.24) is 15.1 Å². The standard InChI is InChI=1S/C12H14N4OS2/c1-16(7-9-3-2-6-18-9)12(17)13-11-15-14-10(19-11)8-4-5-8/h2-3,6,8H,4-5,7H2,1H3,(H,13,15,17). The maximum absolute atomic E-state index is 12.0. The van der Waals surface area contributed by atoms with E-state index in [2.05, 4.69) is 15.5 Å². The molecule has 7 heteroatoms. The van der Waals surface area contributed by atoms with E-state index in [1.807, 2.05) is 17.5 Å². The predicted octanol–water partition coefficient (Wildman–Crippen LogP) is 3.14. The van der Waals surface area contributed by atoms with Crippen molar-refractivity contribution in [2.45, 2.75) is 25.3 Å². The van der Waals surface area contributed by atoms with Crippen molar-refractivity contribution in [2.24, 2.45) is 0 Å². The molecule has 0 bridgehead atoms. The van der Waals surface area contributed by atoms with Crippen molar-refractivity contribution < 1.29 is 4.79 Å². The summed E-state index contributed by atoms with van der Waals surface area (Å²) in [5, 5.41) is 14.5. The number of aromatic nitrogens is 2. The first kappa shape index (κ1) is 12.6. The van der Waals surface area contributed by atoms with Crippen LogP contribution >= 0.6 is 22.7 Å². The molecule has 5 nitrogen and oxygen atoms in total. The minimum absolute atomic E-state index is 0.146. The molecule has 1 N–H and O–H groups in total. The fourth-order valence-corrected chi connectivity index (χ4v) is 3.33. The number of nitrogens with one attached hydrogen (secondary N) is 1. The Morgan fingerprint density at radius 2 is 2.37 bits per heavy atom. The first-order valence-corrected chi connectivity index (χ1v) is 7.80. The molecule has 0 saturated heterocycles. The molecule has 1 aliphatic rings. The van der Waals surface area contributed by atoms with Crippen LogP contribution in [0.4, 0.5) is 9.93 Å². The van der Waals surface area contributed by atoms with Gasteiger partial charge in [0.05, 0.1) is 6.54 Å². The SMILES string of the molecule is CN(Cc1cccs1)C(=O)Nc1nnc(C2CC2)s1. The van der Waals surface area contributed by atoms with Crippen LogP contribution in [-0.4, -0.2) is 28.2 Å². The third-order valence-corrected chi connectivity index (χ3v) is 4.76. The summed E-state index contributed by atoms with van der Waals surface area (Å²) in [6.45, 7) is 0.609. The van der Waals surface area contributed by atoms with Crippen molar-refractivity contribution in [3.63, 3.8) is 0 Å². The van der Waals surface area contributed by atoms with Crippen molar-refractivity contribution in [1.29, 1.82) is 0 Å². The average molecular weight is 294 g/mol. The molecule has 1 aliphatic carbocycles. The maximum atomic E-state index is 12.0. The summed E-state index contributed by atoms with van der Waals surface area (Å²) >= 11 is 3.12. The minimum atomic E-state index is -0.146. The Balaban J connectivity index is 1.57. The summed E-state index contributed by atoms with van der Waals surface area (Å²) in [7, 11) is 1.78. The fraction of sp³-hybridized carbons (Fsp3) is 0.417. The molecule has 100 valence electrons. The molecule has 3 rings (SSSR count). The summed E-state index contributed by atoms with van der Waals surface area (Å²) in [6, 6.07) is 3.86. The topological polar surface area (TPSA) is 58.1 Å². The zero-order chi connectivity index (χ0) is 13.2. The van der Waals surface area contributed by atoms with E-state index in [0.29, 0.717) is 17.6 Å². The van der Waals surface area contributed by atoms with Crippen LogP contribution in [0.1, 0.15) is 28.6 Å². The first-order chi connectivity index (χ1) is 9.22. The molecule has 0 aliphatic heterocycles. The lowest BCUT2D eigenvalue weighted by Crippen LogP contribution is -2.30. The number of rotatable bonds is 4. The summed E-state index contributed by atoms with van der Waals surface area (Å²) in [5.41, 5.74) is 0. The van der Waals surface area contributed by atoms with Gasteiger partial charge in [0.2, 0.25) is 5.13 Å². The van der Waals surface area contributed by atoms with E-state index in [1.54, 1.807) is 23.3 Å². The summed E-state index contributed by atoms with van der Waals surface area (Å²) in [6.07, 6.45) is 2.39. The second-order valence-electron chi connectivity index (χ2n) is 4.59. The lowest BCUT2D eigenvalue weighted by atomic mass is 10.4. The normalized spacial score (nSPS) is 14.4. The molecule has 0 unspecified atom stereocenters. The fourth-order valence-electron chi connectivity index (χ4n) is 1.68. The van der Waals surface area contributed by atoms with Crippen molar-refractivity contribution >= 4 is 33.8 Å². The van der Waals surface area contributed by atoms with Gasteiger partial charge < -0.3 is 4.90 Å². The molecule has 2 amide bonds. The highest BCUT2D eigenvalue weighted by Gasteiger charge is 2.27. The summed E-state index contributed by atoms with van der Waals surface area (Å²) < 4.78 is 0. The smallest absolute Gasteiger partial charge is 0.322 e. The van der Waals surface area contributed by atoms with E-state index < -0.39 is 0 Å². The molecule has 0 radical (unpaired) electrons. The highest BCUT2D eigenvalue weighted by Crippen LogP contribution is 2.42. The first-order valence-electron chi connectivity index (χ1n) is 6.10. The van der Waals surface area contributed by atoms with Gasteiger partial charge in [-0.1, -0.05) is 17.4 Å². The Labute approximate surface area is 119 Å². The molecule has 2 aromatic rings. The molecular weight excluding hydrogens is 280 g/mol. The Morgan fingerprint density at radius 1 is 1.53 bits per heavy atom. The second kappa shape index (κ2) is 5.26. The van der Waals surface area contributed by atoms with Crippen molar-refractivity contribution in [3.05, 3.63) is 27.4 Å². The number of hydrogen-bond acceptors (Lipinski definition) is 5. The largest absolute Gasteiger partial charge is 0.323 e. The van der Waals surface area contributed by atoms with Crippen molar-refractivity contribution in [2.75, 3.05) is 12.4 Å². The van der Waals surface area contributed by atoms with Gasteiger partial charge in [-0.2, -0.15) is 0 Å². The van der Waals surface area contributed by atoms with Gasteiger partial charge in [0, 0.05) is 17.8 Å². The molecule has 2 aromatic heterocycles. The molecule has 1 fully saturated rings. The van der Waals surface area contributed by atoms with E-state index in [4.69, 9.17) is 0 Å². The van der Waals surface area contributed by atoms with Gasteiger partial charge in [-0.05, 0) is 24.3 Å². The Bertz CT molecular complexity index is 562. The third-order valence-electron chi connectivity index (χ3n) is 2.90. The highest BCUT2D eigenvalue weighted by molar-refractivity contribution is 7.15. The zero-order valence-corrected chi connectivity index (χ0v) is 12.1. The Hall–Kier alpha value is -1.47. The van der Waals surface area contributed by atoms with Crippen LogP contribution in [0, 0.1) is 0 Å². The molecule has 1 saturated carbocycles. The molecule has 0 spiro atoms. The predicted molar refractivity (Wildman–Crippen MR) is 76.7 cm³/mol. The Kier molecular flexibility index (Phi) is 3.48. The van der Waals surface area contributed by atoms with Crippen LogP contribution in [-0.2, 0) is 6.54 Å². The lowest BCUT2D eigenvalue weighted by Gasteiger charge is -2.15. The molecule has 19 heavy (non-hydrogen) atoms. The van der Waals surface area contributed by atoms with Gasteiger partial charge in [0.15, 0.2) is 0 Å². The number of thiophene rings is 1. The number of carbonyl (C=O) groups is 1. The van der Waals surface area contributed by atoms with Gasteiger partial charge in [-0.15, -0.1) is 21.5 Å². The van der Waals surface area contributed by atoms with Crippen LogP contribution in [0.15, 0.2) is 17.5 Å². The van der Waals surface area contributed by atoms with E-state index in [1.165, 1.54) is 24.2 Å². The van der Waals surface area contributed by atoms with Crippen LogP contribution in [0.3, 0.4) is 0 Å². The number of anilines is 1. The summed E-state index contributed by atoms with van der Waals surface area (Å²) in [5.74, 6) is 0.576. The quantitative estimate of drug-likeness (QED) is 0.942. The monoisotopic (exact) mass is 294 g/mol. The summed E-state index contributed by atoms with van der Waals surface area (Å²) in [4.78, 5) is 14.8. The van der Waals surface area contributed by atoms with E-state index in [0.717, 1.165) is 9.88 Å².